The van der Waals surface area contributed by atoms with Gasteiger partial charge < -0.3 is 15.0 Å². The predicted octanol–water partition coefficient (Wildman–Crippen LogP) is 2.83. The highest BCUT2D eigenvalue weighted by molar-refractivity contribution is 9.10. The maximum Gasteiger partial charge on any atom is 0.406 e. The minimum atomic E-state index is -0.399. The summed E-state index contributed by atoms with van der Waals surface area (Å²) in [5.41, 5.74) is 2.26. The molecule has 0 aliphatic carbocycles. The van der Waals surface area contributed by atoms with Gasteiger partial charge in [-0.3, -0.25) is 0 Å². The minimum Gasteiger partial charge on any atom is -0.453 e. The van der Waals surface area contributed by atoms with Gasteiger partial charge in [0.25, 0.3) is 0 Å². The molecule has 4 nitrogen and oxygen atoms in total. The van der Waals surface area contributed by atoms with Gasteiger partial charge in [-0.1, -0.05) is 22.0 Å². The zero-order chi connectivity index (χ0) is 12.3. The van der Waals surface area contributed by atoms with Gasteiger partial charge in [0, 0.05) is 28.1 Å². The smallest absolute Gasteiger partial charge is 0.406 e. The molecular formula is C12H13BrN2O2. The Kier molecular flexibility index (Phi) is 3.68. The number of rotatable bonds is 3. The molecule has 90 valence electrons. The third-order valence-electron chi connectivity index (χ3n) is 2.59. The van der Waals surface area contributed by atoms with Crippen LogP contribution in [0.1, 0.15) is 5.56 Å². The van der Waals surface area contributed by atoms with Crippen LogP contribution in [0.3, 0.4) is 0 Å². The Labute approximate surface area is 107 Å². The Morgan fingerprint density at radius 2 is 2.35 bits per heavy atom. The topological polar surface area (TPSA) is 54.1 Å². The number of H-pyrrole nitrogens is 1. The van der Waals surface area contributed by atoms with Gasteiger partial charge in [-0.15, -0.1) is 0 Å². The number of carbonyl (C=O) groups excluding carboxylic acids is 1. The lowest BCUT2D eigenvalue weighted by Gasteiger charge is -2.03. The van der Waals surface area contributed by atoms with Crippen molar-refractivity contribution < 1.29 is 9.53 Å². The van der Waals surface area contributed by atoms with E-state index in [1.165, 1.54) is 18.1 Å². The molecule has 1 amide bonds. The Morgan fingerprint density at radius 1 is 1.53 bits per heavy atom. The Hall–Kier alpha value is -1.49. The van der Waals surface area contributed by atoms with Crippen LogP contribution in [0.15, 0.2) is 28.9 Å². The van der Waals surface area contributed by atoms with Gasteiger partial charge in [0.2, 0.25) is 0 Å². The third kappa shape index (κ3) is 2.61. The first-order valence-electron chi connectivity index (χ1n) is 5.28. The van der Waals surface area contributed by atoms with E-state index in [1.807, 2.05) is 24.4 Å². The van der Waals surface area contributed by atoms with E-state index in [0.717, 1.165) is 16.4 Å². The Morgan fingerprint density at radius 3 is 3.12 bits per heavy atom. The molecule has 0 unspecified atom stereocenters. The molecule has 2 aromatic rings. The summed E-state index contributed by atoms with van der Waals surface area (Å²) in [6, 6.07) is 6.02. The van der Waals surface area contributed by atoms with E-state index in [9.17, 15) is 4.79 Å². The maximum absolute atomic E-state index is 10.9. The molecule has 1 aromatic carbocycles. The van der Waals surface area contributed by atoms with Crippen LogP contribution < -0.4 is 5.32 Å². The van der Waals surface area contributed by atoms with Crippen molar-refractivity contribution in [2.75, 3.05) is 13.7 Å². The number of aromatic nitrogens is 1. The van der Waals surface area contributed by atoms with Crippen LogP contribution in [0.25, 0.3) is 10.9 Å². The molecule has 0 aliphatic rings. The highest BCUT2D eigenvalue weighted by Gasteiger charge is 2.07. The zero-order valence-electron chi connectivity index (χ0n) is 9.42. The number of hydrogen-bond donors (Lipinski definition) is 2. The van der Waals surface area contributed by atoms with Crippen molar-refractivity contribution in [3.8, 4) is 0 Å². The first-order chi connectivity index (χ1) is 8.22. The van der Waals surface area contributed by atoms with Crippen LogP contribution in [-0.2, 0) is 11.2 Å². The first kappa shape index (κ1) is 12.0. The Bertz CT molecular complexity index is 536. The van der Waals surface area contributed by atoms with E-state index in [2.05, 4.69) is 31.0 Å². The van der Waals surface area contributed by atoms with Crippen LogP contribution in [0.5, 0.6) is 0 Å². The van der Waals surface area contributed by atoms with Gasteiger partial charge in [0.1, 0.15) is 0 Å². The van der Waals surface area contributed by atoms with Crippen LogP contribution in [0, 0.1) is 0 Å². The summed E-state index contributed by atoms with van der Waals surface area (Å²) in [7, 11) is 1.36. The molecule has 0 bridgehead atoms. The summed E-state index contributed by atoms with van der Waals surface area (Å²) in [5.74, 6) is 0. The van der Waals surface area contributed by atoms with Crippen molar-refractivity contribution in [2.24, 2.45) is 0 Å². The second-order valence-electron chi connectivity index (χ2n) is 3.64. The summed E-state index contributed by atoms with van der Waals surface area (Å²) in [4.78, 5) is 14.1. The third-order valence-corrected chi connectivity index (χ3v) is 3.25. The number of fused-ring (bicyclic) bond motifs is 1. The highest BCUT2D eigenvalue weighted by Crippen LogP contribution is 2.26. The summed E-state index contributed by atoms with van der Waals surface area (Å²) in [5, 5.41) is 3.83. The molecule has 0 saturated carbocycles. The van der Waals surface area contributed by atoms with Crippen molar-refractivity contribution >= 4 is 32.9 Å². The fourth-order valence-corrected chi connectivity index (χ4v) is 2.40. The molecule has 1 aromatic heterocycles. The summed E-state index contributed by atoms with van der Waals surface area (Å²) < 4.78 is 5.57. The number of nitrogens with one attached hydrogen (secondary N) is 2. The van der Waals surface area contributed by atoms with E-state index in [0.29, 0.717) is 6.54 Å². The van der Waals surface area contributed by atoms with E-state index in [-0.39, 0.29) is 0 Å². The lowest BCUT2D eigenvalue weighted by Crippen LogP contribution is -2.25. The van der Waals surface area contributed by atoms with Crippen molar-refractivity contribution in [3.05, 3.63) is 34.4 Å². The van der Waals surface area contributed by atoms with Gasteiger partial charge in [0.15, 0.2) is 0 Å². The van der Waals surface area contributed by atoms with Gasteiger partial charge >= 0.3 is 6.09 Å². The van der Waals surface area contributed by atoms with E-state index >= 15 is 0 Å². The summed E-state index contributed by atoms with van der Waals surface area (Å²) >= 11 is 3.53. The van der Waals surface area contributed by atoms with Crippen molar-refractivity contribution in [1.29, 1.82) is 0 Å². The van der Waals surface area contributed by atoms with Crippen molar-refractivity contribution in [1.82, 2.24) is 10.3 Å². The molecule has 2 rings (SSSR count). The van der Waals surface area contributed by atoms with Gasteiger partial charge in [-0.2, -0.15) is 0 Å². The average Bonchev–Trinajstić information content (AvgIpc) is 2.74. The number of benzene rings is 1. The number of hydrogen-bond acceptors (Lipinski definition) is 2. The molecule has 0 aliphatic heterocycles. The average molecular weight is 297 g/mol. The number of halogens is 1. The standard InChI is InChI=1S/C12H13BrN2O2/c1-17-12(16)14-6-5-8-7-15-10-4-2-3-9(13)11(8)10/h2-4,7,15H,5-6H2,1H3,(H,14,16). The number of carbonyl (C=O) groups is 1. The molecule has 1 heterocycles. The molecular weight excluding hydrogens is 284 g/mol. The number of alkyl carbamates (subject to hydrolysis) is 1. The quantitative estimate of drug-likeness (QED) is 0.915. The van der Waals surface area contributed by atoms with E-state index in [1.54, 1.807) is 0 Å². The molecule has 0 atom stereocenters. The number of ether oxygens (including phenoxy) is 1. The molecule has 0 fully saturated rings. The fraction of sp³-hybridized carbons (Fsp3) is 0.250. The number of methoxy groups -OCH3 is 1. The lowest BCUT2D eigenvalue weighted by atomic mass is 10.1. The second kappa shape index (κ2) is 5.23. The molecule has 5 heteroatoms. The highest BCUT2D eigenvalue weighted by atomic mass is 79.9. The van der Waals surface area contributed by atoms with Crippen LogP contribution >= 0.6 is 15.9 Å². The maximum atomic E-state index is 10.9. The van der Waals surface area contributed by atoms with Crippen molar-refractivity contribution in [2.45, 2.75) is 6.42 Å². The normalized spacial score (nSPS) is 10.5. The first-order valence-corrected chi connectivity index (χ1v) is 6.08. The number of aromatic amines is 1. The zero-order valence-corrected chi connectivity index (χ0v) is 11.0. The monoisotopic (exact) mass is 296 g/mol. The second-order valence-corrected chi connectivity index (χ2v) is 4.50. The predicted molar refractivity (Wildman–Crippen MR) is 70.1 cm³/mol. The SMILES string of the molecule is COC(=O)NCCc1c[nH]c2cccc(Br)c12. The lowest BCUT2D eigenvalue weighted by molar-refractivity contribution is 0.171. The van der Waals surface area contributed by atoms with Gasteiger partial charge in [-0.25, -0.2) is 4.79 Å². The molecule has 0 spiro atoms. The summed E-state index contributed by atoms with van der Waals surface area (Å²) in [6.45, 7) is 0.557. The van der Waals surface area contributed by atoms with Gasteiger partial charge in [-0.05, 0) is 24.1 Å². The fourth-order valence-electron chi connectivity index (χ4n) is 1.78. The largest absolute Gasteiger partial charge is 0.453 e. The number of amides is 1. The van der Waals surface area contributed by atoms with Crippen LogP contribution in [0.4, 0.5) is 4.79 Å². The Balaban J connectivity index is 2.11. The van der Waals surface area contributed by atoms with Crippen LogP contribution in [-0.4, -0.2) is 24.7 Å². The molecule has 0 radical (unpaired) electrons. The van der Waals surface area contributed by atoms with Crippen molar-refractivity contribution in [3.63, 3.8) is 0 Å². The molecule has 0 saturated heterocycles. The van der Waals surface area contributed by atoms with E-state index < -0.39 is 6.09 Å². The minimum absolute atomic E-state index is 0.399. The van der Waals surface area contributed by atoms with E-state index in [4.69, 9.17) is 0 Å². The summed E-state index contributed by atoms with van der Waals surface area (Å²) in [6.07, 6.45) is 2.33. The van der Waals surface area contributed by atoms with Crippen LogP contribution in [0.2, 0.25) is 0 Å². The molecule has 17 heavy (non-hydrogen) atoms. The van der Waals surface area contributed by atoms with Gasteiger partial charge in [0.05, 0.1) is 7.11 Å². The molecule has 2 N–H and O–H groups in total.